The van der Waals surface area contributed by atoms with Crippen molar-refractivity contribution in [3.8, 4) is 11.5 Å². The molecule has 1 aromatic heterocycles. The molecule has 2 aromatic rings. The van der Waals surface area contributed by atoms with Gasteiger partial charge >= 0.3 is 0 Å². The average Bonchev–Trinajstić information content (AvgIpc) is 2.90. The van der Waals surface area contributed by atoms with Gasteiger partial charge in [0.05, 0.1) is 25.5 Å². The van der Waals surface area contributed by atoms with Gasteiger partial charge < -0.3 is 14.8 Å². The Morgan fingerprint density at radius 3 is 2.65 bits per heavy atom. The van der Waals surface area contributed by atoms with Crippen LogP contribution in [0.1, 0.15) is 21.6 Å². The summed E-state index contributed by atoms with van der Waals surface area (Å²) in [5.41, 5.74) is 2.31. The lowest BCUT2D eigenvalue weighted by molar-refractivity contribution is 0.0950. The van der Waals surface area contributed by atoms with Crippen LogP contribution in [-0.4, -0.2) is 24.5 Å². The van der Waals surface area contributed by atoms with E-state index in [9.17, 15) is 4.79 Å². The van der Waals surface area contributed by atoms with Gasteiger partial charge in [-0.05, 0) is 36.2 Å². The fourth-order valence-electron chi connectivity index (χ4n) is 1.78. The molecule has 1 amide bonds. The maximum Gasteiger partial charge on any atom is 0.254 e. The van der Waals surface area contributed by atoms with Gasteiger partial charge in [0.25, 0.3) is 5.91 Å². The molecule has 0 aliphatic rings. The molecule has 0 aliphatic heterocycles. The quantitative estimate of drug-likeness (QED) is 0.919. The van der Waals surface area contributed by atoms with Gasteiger partial charge in [0.15, 0.2) is 11.5 Å². The topological polar surface area (TPSA) is 60.5 Å². The number of nitrogens with zero attached hydrogens (tertiary/aromatic N) is 1. The number of nitrogens with one attached hydrogen (secondary N) is 1. The van der Waals surface area contributed by atoms with Gasteiger partial charge in [-0.25, -0.2) is 0 Å². The number of aryl methyl sites for hydroxylation is 1. The molecule has 0 radical (unpaired) electrons. The first kappa shape index (κ1) is 14.3. The van der Waals surface area contributed by atoms with Crippen molar-refractivity contribution in [1.82, 2.24) is 9.69 Å². The molecule has 1 aromatic carbocycles. The predicted molar refractivity (Wildman–Crippen MR) is 77.6 cm³/mol. The minimum atomic E-state index is -0.119. The molecule has 0 unspecified atom stereocenters. The highest BCUT2D eigenvalue weighted by Gasteiger charge is 2.11. The highest BCUT2D eigenvalue weighted by molar-refractivity contribution is 7.03. The van der Waals surface area contributed by atoms with Crippen molar-refractivity contribution < 1.29 is 14.3 Å². The van der Waals surface area contributed by atoms with Gasteiger partial charge in [-0.1, -0.05) is 6.07 Å². The minimum absolute atomic E-state index is 0.119. The van der Waals surface area contributed by atoms with Crippen molar-refractivity contribution in [2.24, 2.45) is 0 Å². The molecule has 106 valence electrons. The molecule has 6 heteroatoms. The third kappa shape index (κ3) is 3.08. The number of methoxy groups -OCH3 is 2. The van der Waals surface area contributed by atoms with Gasteiger partial charge in [0.1, 0.15) is 0 Å². The minimum Gasteiger partial charge on any atom is -0.493 e. The van der Waals surface area contributed by atoms with Crippen LogP contribution >= 0.6 is 11.5 Å². The summed E-state index contributed by atoms with van der Waals surface area (Å²) in [6.45, 7) is 2.25. The van der Waals surface area contributed by atoms with Gasteiger partial charge in [0, 0.05) is 11.9 Å². The Bertz CT molecular complexity index is 610. The number of carbonyl (C=O) groups is 1. The van der Waals surface area contributed by atoms with E-state index in [1.54, 1.807) is 19.6 Å². The Balaban J connectivity index is 2.04. The molecule has 0 fully saturated rings. The molecule has 0 saturated heterocycles. The number of hydrogen-bond donors (Lipinski definition) is 1. The van der Waals surface area contributed by atoms with Crippen LogP contribution in [0.2, 0.25) is 0 Å². The molecule has 0 atom stereocenters. The lowest BCUT2D eigenvalue weighted by Gasteiger charge is -2.10. The summed E-state index contributed by atoms with van der Waals surface area (Å²) in [6.07, 6.45) is 0. The van der Waals surface area contributed by atoms with Crippen LogP contribution in [-0.2, 0) is 6.54 Å². The lowest BCUT2D eigenvalue weighted by Crippen LogP contribution is -2.23. The van der Waals surface area contributed by atoms with Crippen LogP contribution in [0.25, 0.3) is 0 Å². The summed E-state index contributed by atoms with van der Waals surface area (Å²) < 4.78 is 14.5. The fourth-order valence-corrected chi connectivity index (χ4v) is 2.47. The van der Waals surface area contributed by atoms with E-state index >= 15 is 0 Å². The second-order valence-corrected chi connectivity index (χ2v) is 4.81. The smallest absolute Gasteiger partial charge is 0.254 e. The highest BCUT2D eigenvalue weighted by Crippen LogP contribution is 2.27. The van der Waals surface area contributed by atoms with E-state index in [-0.39, 0.29) is 5.91 Å². The van der Waals surface area contributed by atoms with E-state index in [1.807, 2.05) is 25.1 Å². The molecule has 2 rings (SSSR count). The van der Waals surface area contributed by atoms with Gasteiger partial charge in [-0.3, -0.25) is 4.79 Å². The Hall–Kier alpha value is -2.08. The zero-order valence-corrected chi connectivity index (χ0v) is 12.4. The summed E-state index contributed by atoms with van der Waals surface area (Å²) in [7, 11) is 3.17. The Morgan fingerprint density at radius 2 is 2.05 bits per heavy atom. The second kappa shape index (κ2) is 6.38. The van der Waals surface area contributed by atoms with Crippen LogP contribution in [0.5, 0.6) is 11.5 Å². The van der Waals surface area contributed by atoms with Crippen molar-refractivity contribution in [3.05, 3.63) is 40.4 Å². The third-order valence-corrected chi connectivity index (χ3v) is 3.62. The van der Waals surface area contributed by atoms with Crippen LogP contribution in [0, 0.1) is 6.92 Å². The standard InChI is InChI=1S/C14H16N2O3S/c1-9-11(8-20-16-9)14(17)15-7-10-4-5-12(18-2)13(6-10)19-3/h4-6,8H,7H2,1-3H3,(H,15,17). The average molecular weight is 292 g/mol. The number of benzene rings is 1. The molecule has 1 N–H and O–H groups in total. The van der Waals surface area contributed by atoms with Gasteiger partial charge in [-0.15, -0.1) is 0 Å². The predicted octanol–water partition coefficient (Wildman–Crippen LogP) is 2.40. The lowest BCUT2D eigenvalue weighted by atomic mass is 10.2. The Labute approximate surface area is 121 Å². The van der Waals surface area contributed by atoms with Crippen LogP contribution in [0.3, 0.4) is 0 Å². The maximum atomic E-state index is 12.0. The number of carbonyl (C=O) groups excluding carboxylic acids is 1. The number of ether oxygens (including phenoxy) is 2. The molecule has 0 aliphatic carbocycles. The number of rotatable bonds is 5. The SMILES string of the molecule is COc1ccc(CNC(=O)c2csnc2C)cc1OC. The van der Waals surface area contributed by atoms with Crippen LogP contribution < -0.4 is 14.8 Å². The summed E-state index contributed by atoms with van der Waals surface area (Å²) in [5.74, 6) is 1.19. The molecule has 0 bridgehead atoms. The van der Waals surface area contributed by atoms with E-state index in [2.05, 4.69) is 9.69 Å². The Kier molecular flexibility index (Phi) is 4.57. The van der Waals surface area contributed by atoms with Crippen LogP contribution in [0.15, 0.2) is 23.6 Å². The maximum absolute atomic E-state index is 12.0. The van der Waals surface area contributed by atoms with E-state index < -0.39 is 0 Å². The zero-order chi connectivity index (χ0) is 14.5. The van der Waals surface area contributed by atoms with E-state index in [0.717, 1.165) is 11.3 Å². The number of amides is 1. The summed E-state index contributed by atoms with van der Waals surface area (Å²) >= 11 is 1.28. The largest absolute Gasteiger partial charge is 0.493 e. The van der Waals surface area contributed by atoms with Crippen molar-refractivity contribution >= 4 is 17.4 Å². The molecule has 0 saturated carbocycles. The fraction of sp³-hybridized carbons (Fsp3) is 0.286. The first-order valence-electron chi connectivity index (χ1n) is 6.05. The molecular weight excluding hydrogens is 276 g/mol. The van der Waals surface area contributed by atoms with Crippen molar-refractivity contribution in [1.29, 1.82) is 0 Å². The summed E-state index contributed by atoms with van der Waals surface area (Å²) in [5, 5.41) is 4.61. The van der Waals surface area contributed by atoms with E-state index in [0.29, 0.717) is 23.6 Å². The zero-order valence-electron chi connectivity index (χ0n) is 11.6. The van der Waals surface area contributed by atoms with Crippen molar-refractivity contribution in [2.75, 3.05) is 14.2 Å². The number of hydrogen-bond acceptors (Lipinski definition) is 5. The highest BCUT2D eigenvalue weighted by atomic mass is 32.1. The monoisotopic (exact) mass is 292 g/mol. The van der Waals surface area contributed by atoms with E-state index in [4.69, 9.17) is 9.47 Å². The normalized spacial score (nSPS) is 10.2. The molecule has 1 heterocycles. The van der Waals surface area contributed by atoms with E-state index in [1.165, 1.54) is 11.5 Å². The molecular formula is C14H16N2O3S. The first-order chi connectivity index (χ1) is 9.65. The second-order valence-electron chi connectivity index (χ2n) is 4.19. The third-order valence-electron chi connectivity index (χ3n) is 2.90. The molecule has 0 spiro atoms. The molecule has 20 heavy (non-hydrogen) atoms. The first-order valence-corrected chi connectivity index (χ1v) is 6.89. The number of aromatic nitrogens is 1. The summed E-state index contributed by atoms with van der Waals surface area (Å²) in [6, 6.07) is 5.55. The van der Waals surface area contributed by atoms with Gasteiger partial charge in [-0.2, -0.15) is 4.37 Å². The van der Waals surface area contributed by atoms with Gasteiger partial charge in [0.2, 0.25) is 0 Å². The Morgan fingerprint density at radius 1 is 1.30 bits per heavy atom. The van der Waals surface area contributed by atoms with Crippen molar-refractivity contribution in [2.45, 2.75) is 13.5 Å². The molecule has 5 nitrogen and oxygen atoms in total. The van der Waals surface area contributed by atoms with Crippen LogP contribution in [0.4, 0.5) is 0 Å². The summed E-state index contributed by atoms with van der Waals surface area (Å²) in [4.78, 5) is 12.0. The van der Waals surface area contributed by atoms with Crippen molar-refractivity contribution in [3.63, 3.8) is 0 Å².